The average Bonchev–Trinajstić information content (AvgIpc) is 2.62. The molecule has 136 valence electrons. The Bertz CT molecular complexity index is 841. The van der Waals surface area contributed by atoms with Crippen LogP contribution >= 0.6 is 0 Å². The minimum atomic E-state index is -3.53. The molecule has 1 saturated heterocycles. The number of piperidine rings is 1. The van der Waals surface area contributed by atoms with Gasteiger partial charge in [-0.15, -0.1) is 0 Å². The molecule has 2 aromatic carbocycles. The topological polar surface area (TPSA) is 72.6 Å². The maximum absolute atomic E-state index is 13.2. The third-order valence-electron chi connectivity index (χ3n) is 5.00. The maximum Gasteiger partial charge on any atom is 0.243 e. The summed E-state index contributed by atoms with van der Waals surface area (Å²) in [7, 11) is -3.53. The number of nitrogens with zero attached hydrogens (tertiary/aromatic N) is 1. The van der Waals surface area contributed by atoms with Crippen molar-refractivity contribution in [2.24, 2.45) is 11.7 Å². The zero-order valence-corrected chi connectivity index (χ0v) is 15.6. The van der Waals surface area contributed by atoms with Crippen LogP contribution < -0.4 is 10.5 Å². The van der Waals surface area contributed by atoms with Crippen molar-refractivity contribution in [2.45, 2.75) is 37.6 Å². The highest BCUT2D eigenvalue weighted by Gasteiger charge is 2.31. The van der Waals surface area contributed by atoms with E-state index >= 15 is 0 Å². The van der Waals surface area contributed by atoms with Crippen molar-refractivity contribution in [2.75, 3.05) is 19.7 Å². The molecule has 1 aliphatic heterocycles. The van der Waals surface area contributed by atoms with Gasteiger partial charge in [-0.25, -0.2) is 8.42 Å². The summed E-state index contributed by atoms with van der Waals surface area (Å²) in [4.78, 5) is 0.353. The van der Waals surface area contributed by atoms with Gasteiger partial charge >= 0.3 is 0 Å². The Labute approximate surface area is 149 Å². The number of benzene rings is 2. The van der Waals surface area contributed by atoms with Gasteiger partial charge in [0.2, 0.25) is 10.0 Å². The fraction of sp³-hybridized carbons (Fsp3) is 0.474. The number of ether oxygens (including phenoxy) is 1. The smallest absolute Gasteiger partial charge is 0.243 e. The molecule has 0 aliphatic carbocycles. The molecule has 0 amide bonds. The largest absolute Gasteiger partial charge is 0.493 e. The van der Waals surface area contributed by atoms with Gasteiger partial charge in [0.05, 0.1) is 11.5 Å². The quantitative estimate of drug-likeness (QED) is 0.887. The van der Waals surface area contributed by atoms with Crippen molar-refractivity contribution in [1.29, 1.82) is 0 Å². The maximum atomic E-state index is 13.2. The number of hydrogen-bond acceptors (Lipinski definition) is 4. The van der Waals surface area contributed by atoms with Crippen LogP contribution in [0, 0.1) is 5.92 Å². The Morgan fingerprint density at radius 2 is 1.80 bits per heavy atom. The summed E-state index contributed by atoms with van der Waals surface area (Å²) in [6.45, 7) is 5.50. The molecule has 1 atom stereocenters. The van der Waals surface area contributed by atoms with Gasteiger partial charge in [-0.2, -0.15) is 4.31 Å². The molecule has 1 fully saturated rings. The van der Waals surface area contributed by atoms with Gasteiger partial charge in [0.15, 0.2) is 0 Å². The van der Waals surface area contributed by atoms with E-state index in [4.69, 9.17) is 10.5 Å². The van der Waals surface area contributed by atoms with Crippen LogP contribution in [0.2, 0.25) is 0 Å². The summed E-state index contributed by atoms with van der Waals surface area (Å²) in [5.74, 6) is 1.11. The number of nitrogens with two attached hydrogens (primary N) is 1. The van der Waals surface area contributed by atoms with Gasteiger partial charge in [-0.1, -0.05) is 24.3 Å². The summed E-state index contributed by atoms with van der Waals surface area (Å²) in [5, 5.41) is 1.54. The minimum absolute atomic E-state index is 0.108. The molecule has 3 rings (SSSR count). The van der Waals surface area contributed by atoms with Gasteiger partial charge in [0.25, 0.3) is 0 Å². The summed E-state index contributed by atoms with van der Waals surface area (Å²) in [6, 6.07) is 11.0. The van der Waals surface area contributed by atoms with E-state index in [1.807, 2.05) is 38.1 Å². The summed E-state index contributed by atoms with van der Waals surface area (Å²) in [6.07, 6.45) is 1.62. The number of hydrogen-bond donors (Lipinski definition) is 1. The van der Waals surface area contributed by atoms with Gasteiger partial charge in [-0.05, 0) is 44.7 Å². The lowest BCUT2D eigenvalue weighted by Crippen LogP contribution is -2.42. The predicted molar refractivity (Wildman–Crippen MR) is 100 cm³/mol. The molecule has 0 spiro atoms. The van der Waals surface area contributed by atoms with Crippen LogP contribution in [0.25, 0.3) is 10.8 Å². The highest BCUT2D eigenvalue weighted by molar-refractivity contribution is 7.89. The molecule has 1 unspecified atom stereocenters. The van der Waals surface area contributed by atoms with E-state index in [0.717, 1.165) is 18.2 Å². The molecule has 2 aromatic rings. The zero-order valence-electron chi connectivity index (χ0n) is 14.8. The van der Waals surface area contributed by atoms with Crippen LogP contribution in [0.3, 0.4) is 0 Å². The molecular formula is C19H26N2O3S. The van der Waals surface area contributed by atoms with Crippen molar-refractivity contribution in [1.82, 2.24) is 4.31 Å². The number of rotatable bonds is 5. The second-order valence-electron chi connectivity index (χ2n) is 6.64. The Morgan fingerprint density at radius 1 is 1.16 bits per heavy atom. The summed E-state index contributed by atoms with van der Waals surface area (Å²) in [5.41, 5.74) is 5.97. The molecule has 1 heterocycles. The van der Waals surface area contributed by atoms with E-state index in [2.05, 4.69) is 0 Å². The lowest BCUT2D eigenvalue weighted by molar-refractivity contribution is 0.251. The first-order chi connectivity index (χ1) is 11.9. The highest BCUT2D eigenvalue weighted by atomic mass is 32.2. The second-order valence-corrected chi connectivity index (χ2v) is 8.55. The Kier molecular flexibility index (Phi) is 5.32. The minimum Gasteiger partial charge on any atom is -0.493 e. The van der Waals surface area contributed by atoms with Crippen LogP contribution in [0.5, 0.6) is 5.75 Å². The summed E-state index contributed by atoms with van der Waals surface area (Å²) >= 11 is 0. The fourth-order valence-electron chi connectivity index (χ4n) is 3.53. The van der Waals surface area contributed by atoms with Gasteiger partial charge in [-0.3, -0.25) is 0 Å². The molecule has 0 saturated carbocycles. The van der Waals surface area contributed by atoms with Crippen molar-refractivity contribution in [3.05, 3.63) is 36.4 Å². The highest BCUT2D eigenvalue weighted by Crippen LogP contribution is 2.34. The van der Waals surface area contributed by atoms with Crippen molar-refractivity contribution in [3.8, 4) is 5.75 Å². The molecule has 0 bridgehead atoms. The normalized spacial score (nSPS) is 18.4. The lowest BCUT2D eigenvalue weighted by atomic mass is 9.92. The van der Waals surface area contributed by atoms with Crippen LogP contribution in [0.4, 0.5) is 0 Å². The van der Waals surface area contributed by atoms with Crippen LogP contribution in [-0.4, -0.2) is 38.5 Å². The van der Waals surface area contributed by atoms with E-state index in [1.54, 1.807) is 16.4 Å². The monoisotopic (exact) mass is 362 g/mol. The van der Waals surface area contributed by atoms with Crippen LogP contribution in [0.1, 0.15) is 26.7 Å². The van der Waals surface area contributed by atoms with Crippen molar-refractivity contribution < 1.29 is 13.2 Å². The van der Waals surface area contributed by atoms with Crippen molar-refractivity contribution in [3.63, 3.8) is 0 Å². The molecule has 25 heavy (non-hydrogen) atoms. The SMILES string of the molecule is CCOc1ccc(S(=O)(=O)N2CCC(C(C)N)CC2)c2ccccc12. The summed E-state index contributed by atoms with van der Waals surface area (Å²) < 4.78 is 33.6. The molecule has 0 aromatic heterocycles. The molecule has 2 N–H and O–H groups in total. The third kappa shape index (κ3) is 3.52. The van der Waals surface area contributed by atoms with Crippen LogP contribution in [0.15, 0.2) is 41.3 Å². The fourth-order valence-corrected chi connectivity index (χ4v) is 5.20. The van der Waals surface area contributed by atoms with Crippen molar-refractivity contribution >= 4 is 20.8 Å². The van der Waals surface area contributed by atoms with E-state index in [1.165, 1.54) is 0 Å². The lowest BCUT2D eigenvalue weighted by Gasteiger charge is -2.33. The van der Waals surface area contributed by atoms with E-state index < -0.39 is 10.0 Å². The number of fused-ring (bicyclic) bond motifs is 1. The van der Waals surface area contributed by atoms with Gasteiger partial charge in [0.1, 0.15) is 5.75 Å². The Balaban J connectivity index is 1.97. The predicted octanol–water partition coefficient (Wildman–Crippen LogP) is 2.99. The molecular weight excluding hydrogens is 336 g/mol. The first-order valence-electron chi connectivity index (χ1n) is 8.85. The second kappa shape index (κ2) is 7.32. The standard InChI is InChI=1S/C19H26N2O3S/c1-3-24-18-8-9-19(17-7-5-4-6-16(17)18)25(22,23)21-12-10-15(11-13-21)14(2)20/h4-9,14-15H,3,10-13,20H2,1-2H3. The van der Waals surface area contributed by atoms with Gasteiger partial charge < -0.3 is 10.5 Å². The van der Waals surface area contributed by atoms with Gasteiger partial charge in [0, 0.05) is 29.9 Å². The zero-order chi connectivity index (χ0) is 18.0. The molecule has 1 aliphatic rings. The van der Waals surface area contributed by atoms with E-state index in [9.17, 15) is 8.42 Å². The Morgan fingerprint density at radius 3 is 2.40 bits per heavy atom. The Hall–Kier alpha value is -1.63. The number of sulfonamides is 1. The molecule has 6 heteroatoms. The average molecular weight is 362 g/mol. The third-order valence-corrected chi connectivity index (χ3v) is 6.96. The molecule has 0 radical (unpaired) electrons. The van der Waals surface area contributed by atoms with Crippen LogP contribution in [-0.2, 0) is 10.0 Å². The first kappa shape index (κ1) is 18.2. The van der Waals surface area contributed by atoms with E-state index in [0.29, 0.717) is 41.6 Å². The molecule has 5 nitrogen and oxygen atoms in total. The van der Waals surface area contributed by atoms with E-state index in [-0.39, 0.29) is 6.04 Å². The first-order valence-corrected chi connectivity index (χ1v) is 10.3.